The summed E-state index contributed by atoms with van der Waals surface area (Å²) in [6, 6.07) is -5.03. The van der Waals surface area contributed by atoms with E-state index in [1.165, 1.54) is 37.9 Å². The summed E-state index contributed by atoms with van der Waals surface area (Å²) in [6.45, 7) is 13.7. The molecule has 3 heterocycles. The molecule has 9 amide bonds. The number of phenols is 1. The first-order valence-corrected chi connectivity index (χ1v) is 24.6. The van der Waals surface area contributed by atoms with Gasteiger partial charge in [-0.1, -0.05) is 53.7 Å². The summed E-state index contributed by atoms with van der Waals surface area (Å²) < 4.78 is 5.92. The highest BCUT2D eigenvalue weighted by Crippen LogP contribution is 2.27. The summed E-state index contributed by atoms with van der Waals surface area (Å²) in [4.78, 5) is 143. The number of aliphatic hydroxyl groups excluding tert-OH is 1. The Bertz CT molecular complexity index is 2120. The van der Waals surface area contributed by atoms with Gasteiger partial charge in [-0.2, -0.15) is 0 Å². The fourth-order valence-corrected chi connectivity index (χ4v) is 9.24. The Balaban J connectivity index is 1.85. The van der Waals surface area contributed by atoms with Crippen molar-refractivity contribution in [1.82, 2.24) is 41.3 Å². The second kappa shape index (κ2) is 25.7. The van der Waals surface area contributed by atoms with Crippen LogP contribution in [0.5, 0.6) is 5.75 Å². The van der Waals surface area contributed by atoms with Crippen molar-refractivity contribution >= 4 is 59.1 Å². The van der Waals surface area contributed by atoms with Gasteiger partial charge in [0.05, 0.1) is 0 Å². The fraction of sp³-hybridized carbons (Fsp3) is 0.673. The molecule has 3 fully saturated rings. The molecular weight excluding hydrogens is 923 g/mol. The molecule has 10 atom stereocenters. The maximum atomic E-state index is 14.8. The molecule has 0 spiro atoms. The van der Waals surface area contributed by atoms with Gasteiger partial charge in [0.25, 0.3) is 0 Å². The molecule has 394 valence electrons. The van der Waals surface area contributed by atoms with Crippen LogP contribution in [0.4, 0.5) is 0 Å². The summed E-state index contributed by atoms with van der Waals surface area (Å²) in [7, 11) is 1.37. The molecule has 3 aliphatic heterocycles. The smallest absolute Gasteiger partial charge is 0.328 e. The van der Waals surface area contributed by atoms with Gasteiger partial charge in [-0.05, 0) is 93.7 Å². The number of carbonyl (C=O) groups excluding carboxylic acids is 10. The van der Waals surface area contributed by atoms with Crippen LogP contribution in [0, 0.1) is 17.8 Å². The number of primary amides is 1. The minimum Gasteiger partial charge on any atom is -0.508 e. The highest BCUT2D eigenvalue weighted by atomic mass is 16.5. The molecule has 9 N–H and O–H groups in total. The van der Waals surface area contributed by atoms with E-state index in [1.54, 1.807) is 39.8 Å². The average molecular weight is 998 g/mol. The monoisotopic (exact) mass is 998 g/mol. The zero-order chi connectivity index (χ0) is 53.0. The summed E-state index contributed by atoms with van der Waals surface area (Å²) >= 11 is 0. The number of rotatable bonds is 15. The van der Waals surface area contributed by atoms with Crippen LogP contribution in [-0.4, -0.2) is 158 Å². The standard InChI is InChI=1S/C49H75N9O13/c1-25(2)21-34-43(64)52-33-17-19-40(62)58(47(33)68)38(23-27(5)6)48(69)56(9)37(24-30-12-14-31(60)15-13-30)45(66)54-35(22-26(3)4)49(70)71-28(7)41(46(67)53-34)55-42(63)32(16-18-39(50)61)51-44(65)36-11-10-20-57(36)29(8)59/h12-15,25-28,32-38,40-41,60,62H,10-11,16-24H2,1-9H3,(H2,50,61)(H,51,65)(H,52,64)(H,53,67)(H,54,66)(H,55,63). The van der Waals surface area contributed by atoms with Crippen molar-refractivity contribution in [1.29, 1.82) is 0 Å². The van der Waals surface area contributed by atoms with Gasteiger partial charge in [0.1, 0.15) is 66.4 Å². The van der Waals surface area contributed by atoms with Gasteiger partial charge in [-0.15, -0.1) is 0 Å². The number of hydrogen-bond donors (Lipinski definition) is 8. The molecule has 10 unspecified atom stereocenters. The van der Waals surface area contributed by atoms with E-state index in [9.17, 15) is 58.2 Å². The van der Waals surface area contributed by atoms with Gasteiger partial charge in [-0.3, -0.25) is 43.2 Å². The van der Waals surface area contributed by atoms with Crippen molar-refractivity contribution in [2.75, 3.05) is 13.6 Å². The van der Waals surface area contributed by atoms with Crippen LogP contribution in [0.2, 0.25) is 0 Å². The van der Waals surface area contributed by atoms with Crippen LogP contribution in [0.15, 0.2) is 24.3 Å². The first-order chi connectivity index (χ1) is 33.3. The molecule has 1 aromatic carbocycles. The van der Waals surface area contributed by atoms with Crippen LogP contribution in [-0.2, 0) is 59.1 Å². The summed E-state index contributed by atoms with van der Waals surface area (Å²) in [5.74, 6) is -8.78. The fourth-order valence-electron chi connectivity index (χ4n) is 9.24. The Morgan fingerprint density at radius 3 is 2.00 bits per heavy atom. The number of benzene rings is 1. The lowest BCUT2D eigenvalue weighted by Crippen LogP contribution is -2.65. The van der Waals surface area contributed by atoms with Crippen LogP contribution in [0.25, 0.3) is 0 Å². The second-order valence-corrected chi connectivity index (χ2v) is 20.3. The minimum absolute atomic E-state index is 0.00769. The number of hydrogen-bond acceptors (Lipinski definition) is 13. The molecule has 1 aromatic rings. The number of ether oxygens (including phenoxy) is 1. The first-order valence-electron chi connectivity index (χ1n) is 24.6. The third-order valence-corrected chi connectivity index (χ3v) is 13.0. The predicted octanol–water partition coefficient (Wildman–Crippen LogP) is -0.145. The number of esters is 1. The number of nitrogens with zero attached hydrogens (tertiary/aromatic N) is 3. The number of likely N-dealkylation sites (tertiary alicyclic amines) is 1. The second-order valence-electron chi connectivity index (χ2n) is 20.3. The highest BCUT2D eigenvalue weighted by molar-refractivity contribution is 5.99. The third-order valence-electron chi connectivity index (χ3n) is 13.0. The Morgan fingerprint density at radius 2 is 1.41 bits per heavy atom. The molecule has 2 bridgehead atoms. The van der Waals surface area contributed by atoms with Crippen molar-refractivity contribution in [3.05, 3.63) is 29.8 Å². The van der Waals surface area contributed by atoms with Crippen LogP contribution in [0.3, 0.4) is 0 Å². The van der Waals surface area contributed by atoms with Crippen LogP contribution >= 0.6 is 0 Å². The van der Waals surface area contributed by atoms with Crippen molar-refractivity contribution in [3.63, 3.8) is 0 Å². The van der Waals surface area contributed by atoms with E-state index in [2.05, 4.69) is 26.6 Å². The molecule has 0 radical (unpaired) electrons. The first kappa shape index (κ1) is 57.3. The van der Waals surface area contributed by atoms with Crippen LogP contribution in [0.1, 0.15) is 119 Å². The number of aromatic hydroxyl groups is 1. The summed E-state index contributed by atoms with van der Waals surface area (Å²) in [5, 5.41) is 34.7. The van der Waals surface area contributed by atoms with Crippen LogP contribution < -0.4 is 32.3 Å². The number of nitrogens with one attached hydrogen (secondary N) is 5. The lowest BCUT2D eigenvalue weighted by atomic mass is 9.94. The maximum absolute atomic E-state index is 14.8. The number of cyclic esters (lactones) is 1. The normalized spacial score (nSPS) is 26.7. The van der Waals surface area contributed by atoms with E-state index in [0.717, 1.165) is 9.80 Å². The molecule has 3 aliphatic rings. The molecule has 0 aromatic heterocycles. The number of carbonyl (C=O) groups is 10. The Labute approximate surface area is 415 Å². The molecule has 22 nitrogen and oxygen atoms in total. The zero-order valence-electron chi connectivity index (χ0n) is 42.4. The van der Waals surface area contributed by atoms with Crippen molar-refractivity contribution in [2.45, 2.75) is 180 Å². The number of piperidine rings is 1. The van der Waals surface area contributed by atoms with E-state index < -0.39 is 114 Å². The van der Waals surface area contributed by atoms with Gasteiger partial charge < -0.3 is 62.0 Å². The van der Waals surface area contributed by atoms with E-state index in [0.29, 0.717) is 24.9 Å². The predicted molar refractivity (Wildman–Crippen MR) is 257 cm³/mol. The van der Waals surface area contributed by atoms with E-state index >= 15 is 0 Å². The zero-order valence-corrected chi connectivity index (χ0v) is 42.4. The van der Waals surface area contributed by atoms with E-state index in [-0.39, 0.29) is 80.8 Å². The molecular formula is C49H75N9O13. The minimum atomic E-state index is -1.80. The van der Waals surface area contributed by atoms with Gasteiger partial charge in [0.2, 0.25) is 53.2 Å². The Kier molecular flexibility index (Phi) is 20.7. The maximum Gasteiger partial charge on any atom is 0.328 e. The average Bonchev–Trinajstić information content (AvgIpc) is 3.79. The largest absolute Gasteiger partial charge is 0.508 e. The lowest BCUT2D eigenvalue weighted by molar-refractivity contribution is -0.166. The molecule has 3 saturated heterocycles. The quantitative estimate of drug-likeness (QED) is 0.106. The van der Waals surface area contributed by atoms with Gasteiger partial charge in [0, 0.05) is 33.4 Å². The van der Waals surface area contributed by atoms with E-state index in [4.69, 9.17) is 10.5 Å². The molecule has 22 heteroatoms. The lowest BCUT2D eigenvalue weighted by Gasteiger charge is -2.43. The highest BCUT2D eigenvalue weighted by Gasteiger charge is 2.46. The SMILES string of the molecule is CC(=O)N1CCCC1C(=O)NC(CCC(N)=O)C(=O)NC1C(=O)NC(CC(C)C)C(=O)NC2CCC(O)N(C2=O)C(CC(C)C)C(=O)N(C)C(Cc2ccc(O)cc2)C(=O)NC(CC(C)C)C(=O)OC1C. The molecule has 0 saturated carbocycles. The number of aliphatic hydroxyl groups is 1. The topological polar surface area (TPSA) is 316 Å². The van der Waals surface area contributed by atoms with Gasteiger partial charge in [0.15, 0.2) is 0 Å². The third kappa shape index (κ3) is 15.8. The number of fused-ring (bicyclic) bond motifs is 2. The van der Waals surface area contributed by atoms with Gasteiger partial charge >= 0.3 is 5.97 Å². The number of phenolic OH excluding ortho intramolecular Hbond substituents is 1. The molecule has 71 heavy (non-hydrogen) atoms. The number of amides is 9. The molecule has 4 rings (SSSR count). The Morgan fingerprint density at radius 1 is 0.803 bits per heavy atom. The summed E-state index contributed by atoms with van der Waals surface area (Å²) in [5.41, 5.74) is 5.96. The Hall–Kier alpha value is -6.32. The number of likely N-dealkylation sites (N-methyl/N-ethyl adjacent to an activating group) is 1. The van der Waals surface area contributed by atoms with Crippen molar-refractivity contribution in [3.8, 4) is 5.75 Å². The number of nitrogens with two attached hydrogens (primary N) is 1. The van der Waals surface area contributed by atoms with Gasteiger partial charge in [-0.25, -0.2) is 4.79 Å². The van der Waals surface area contributed by atoms with Crippen molar-refractivity contribution < 1.29 is 62.9 Å². The van der Waals surface area contributed by atoms with E-state index in [1.807, 2.05) is 13.8 Å². The summed E-state index contributed by atoms with van der Waals surface area (Å²) in [6.07, 6.45) is -3.08. The van der Waals surface area contributed by atoms with Crippen molar-refractivity contribution in [2.24, 2.45) is 23.5 Å². The molecule has 0 aliphatic carbocycles.